The second kappa shape index (κ2) is 6.95. The Morgan fingerprint density at radius 3 is 2.81 bits per heavy atom. The molecule has 1 fully saturated rings. The predicted molar refractivity (Wildman–Crippen MR) is 87.3 cm³/mol. The van der Waals surface area contributed by atoms with Crippen molar-refractivity contribution in [1.82, 2.24) is 15.1 Å². The van der Waals surface area contributed by atoms with E-state index >= 15 is 0 Å². The predicted octanol–water partition coefficient (Wildman–Crippen LogP) is 2.69. The van der Waals surface area contributed by atoms with Crippen molar-refractivity contribution in [2.24, 2.45) is 0 Å². The van der Waals surface area contributed by atoms with Gasteiger partial charge in [-0.3, -0.25) is 4.90 Å². The third-order valence-electron chi connectivity index (χ3n) is 4.17. The highest BCUT2D eigenvalue weighted by Crippen LogP contribution is 2.18. The van der Waals surface area contributed by atoms with Crippen molar-refractivity contribution < 1.29 is 4.42 Å². The Labute approximate surface area is 129 Å². The molecule has 0 bridgehead atoms. The number of furan rings is 1. The van der Waals surface area contributed by atoms with Gasteiger partial charge in [-0.1, -0.05) is 0 Å². The van der Waals surface area contributed by atoms with Crippen LogP contribution >= 0.6 is 0 Å². The van der Waals surface area contributed by atoms with E-state index in [4.69, 9.17) is 4.42 Å². The van der Waals surface area contributed by atoms with E-state index in [1.54, 1.807) is 0 Å². The second-order valence-corrected chi connectivity index (χ2v) is 7.41. The minimum absolute atomic E-state index is 0.114. The van der Waals surface area contributed by atoms with Gasteiger partial charge in [0, 0.05) is 36.8 Å². The van der Waals surface area contributed by atoms with E-state index in [-0.39, 0.29) is 5.54 Å². The number of hydrogen-bond donors (Lipinski definition) is 1. The molecule has 1 saturated heterocycles. The van der Waals surface area contributed by atoms with Gasteiger partial charge in [-0.05, 0) is 53.8 Å². The first-order chi connectivity index (χ1) is 9.85. The number of likely N-dealkylation sites (N-methyl/N-ethyl adjacent to an activating group) is 1. The largest absolute Gasteiger partial charge is 0.468 e. The van der Waals surface area contributed by atoms with Gasteiger partial charge < -0.3 is 14.6 Å². The molecule has 2 rings (SSSR count). The molecule has 4 nitrogen and oxygen atoms in total. The number of hydrogen-bond acceptors (Lipinski definition) is 4. The van der Waals surface area contributed by atoms with E-state index in [1.807, 2.05) is 6.26 Å². The summed E-state index contributed by atoms with van der Waals surface area (Å²) in [6, 6.07) is 2.72. The van der Waals surface area contributed by atoms with Crippen molar-refractivity contribution in [1.29, 1.82) is 0 Å². The van der Waals surface area contributed by atoms with Crippen LogP contribution in [0.5, 0.6) is 0 Å². The van der Waals surface area contributed by atoms with E-state index in [0.29, 0.717) is 6.04 Å². The molecule has 0 aliphatic carbocycles. The second-order valence-electron chi connectivity index (χ2n) is 7.41. The Hall–Kier alpha value is -0.840. The maximum Gasteiger partial charge on any atom is 0.122 e. The van der Waals surface area contributed by atoms with Crippen LogP contribution < -0.4 is 5.32 Å². The first kappa shape index (κ1) is 16.5. The molecule has 1 aromatic rings. The molecule has 1 aromatic heterocycles. The van der Waals surface area contributed by atoms with Gasteiger partial charge in [-0.15, -0.1) is 0 Å². The standard InChI is InChI=1S/C17H31N3O/c1-14-12-19(5)8-6-9-20(14)13-15-7-10-21-16(15)11-18-17(2,3)4/h7,10,14,18H,6,8-9,11-13H2,1-5H3. The molecular weight excluding hydrogens is 262 g/mol. The van der Waals surface area contributed by atoms with Crippen molar-refractivity contribution in [2.75, 3.05) is 26.7 Å². The Morgan fingerprint density at radius 2 is 2.10 bits per heavy atom. The van der Waals surface area contributed by atoms with Crippen LogP contribution in [0, 0.1) is 0 Å². The number of nitrogens with one attached hydrogen (secondary N) is 1. The van der Waals surface area contributed by atoms with Crippen molar-refractivity contribution in [2.45, 2.75) is 58.8 Å². The summed E-state index contributed by atoms with van der Waals surface area (Å²) in [6.07, 6.45) is 3.07. The summed E-state index contributed by atoms with van der Waals surface area (Å²) in [7, 11) is 2.22. The van der Waals surface area contributed by atoms with E-state index in [1.165, 1.54) is 25.1 Å². The third kappa shape index (κ3) is 5.13. The third-order valence-corrected chi connectivity index (χ3v) is 4.17. The van der Waals surface area contributed by atoms with Gasteiger partial charge in [0.1, 0.15) is 5.76 Å². The summed E-state index contributed by atoms with van der Waals surface area (Å²) in [6.45, 7) is 14.2. The summed E-state index contributed by atoms with van der Waals surface area (Å²) in [4.78, 5) is 5.01. The Morgan fingerprint density at radius 1 is 1.33 bits per heavy atom. The topological polar surface area (TPSA) is 31.6 Å². The van der Waals surface area contributed by atoms with Gasteiger partial charge in [0.15, 0.2) is 0 Å². The molecule has 1 aliphatic rings. The fraction of sp³-hybridized carbons (Fsp3) is 0.765. The molecule has 0 radical (unpaired) electrons. The Bertz CT molecular complexity index is 435. The van der Waals surface area contributed by atoms with Crippen LogP contribution in [-0.4, -0.2) is 48.1 Å². The van der Waals surface area contributed by atoms with Crippen LogP contribution in [0.3, 0.4) is 0 Å². The van der Waals surface area contributed by atoms with Gasteiger partial charge in [-0.25, -0.2) is 0 Å². The highest BCUT2D eigenvalue weighted by molar-refractivity contribution is 5.17. The highest BCUT2D eigenvalue weighted by atomic mass is 16.3. The lowest BCUT2D eigenvalue weighted by atomic mass is 10.1. The minimum atomic E-state index is 0.114. The van der Waals surface area contributed by atoms with Crippen LogP contribution in [0.4, 0.5) is 0 Å². The van der Waals surface area contributed by atoms with Crippen molar-refractivity contribution in [3.05, 3.63) is 23.7 Å². The maximum atomic E-state index is 5.69. The van der Waals surface area contributed by atoms with Gasteiger partial charge in [0.05, 0.1) is 12.8 Å². The van der Waals surface area contributed by atoms with Crippen molar-refractivity contribution >= 4 is 0 Å². The van der Waals surface area contributed by atoms with Crippen LogP contribution in [0.15, 0.2) is 16.7 Å². The quantitative estimate of drug-likeness (QED) is 0.925. The van der Waals surface area contributed by atoms with Crippen LogP contribution in [0.2, 0.25) is 0 Å². The zero-order valence-corrected chi connectivity index (χ0v) is 14.3. The zero-order chi connectivity index (χ0) is 15.5. The molecule has 2 heterocycles. The molecule has 1 aliphatic heterocycles. The van der Waals surface area contributed by atoms with Gasteiger partial charge >= 0.3 is 0 Å². The Balaban J connectivity index is 1.97. The summed E-state index contributed by atoms with van der Waals surface area (Å²) < 4.78 is 5.69. The van der Waals surface area contributed by atoms with Crippen LogP contribution in [0.25, 0.3) is 0 Å². The fourth-order valence-electron chi connectivity index (χ4n) is 2.88. The molecule has 0 aromatic carbocycles. The summed E-state index contributed by atoms with van der Waals surface area (Å²) in [5.74, 6) is 1.08. The molecule has 1 atom stereocenters. The average molecular weight is 293 g/mol. The van der Waals surface area contributed by atoms with E-state index in [2.05, 4.69) is 55.9 Å². The average Bonchev–Trinajstić information content (AvgIpc) is 2.74. The zero-order valence-electron chi connectivity index (χ0n) is 14.3. The fourth-order valence-corrected chi connectivity index (χ4v) is 2.88. The van der Waals surface area contributed by atoms with Crippen LogP contribution in [-0.2, 0) is 13.1 Å². The highest BCUT2D eigenvalue weighted by Gasteiger charge is 2.21. The number of rotatable bonds is 4. The van der Waals surface area contributed by atoms with Crippen LogP contribution in [0.1, 0.15) is 45.4 Å². The molecule has 1 unspecified atom stereocenters. The van der Waals surface area contributed by atoms with Crippen molar-refractivity contribution in [3.63, 3.8) is 0 Å². The first-order valence-electron chi connectivity index (χ1n) is 8.08. The SMILES string of the molecule is CC1CN(C)CCCN1Cc1ccoc1CNC(C)(C)C. The normalized spacial score (nSPS) is 22.4. The van der Waals surface area contributed by atoms with E-state index in [9.17, 15) is 0 Å². The Kier molecular flexibility index (Phi) is 5.47. The molecule has 0 saturated carbocycles. The first-order valence-corrected chi connectivity index (χ1v) is 8.08. The monoisotopic (exact) mass is 293 g/mol. The number of nitrogens with zero attached hydrogens (tertiary/aromatic N) is 2. The van der Waals surface area contributed by atoms with E-state index in [0.717, 1.165) is 25.4 Å². The summed E-state index contributed by atoms with van der Waals surface area (Å²) >= 11 is 0. The van der Waals surface area contributed by atoms with Gasteiger partial charge in [0.2, 0.25) is 0 Å². The lowest BCUT2D eigenvalue weighted by Crippen LogP contribution is -2.38. The lowest BCUT2D eigenvalue weighted by molar-refractivity contribution is 0.193. The summed E-state index contributed by atoms with van der Waals surface area (Å²) in [5, 5.41) is 3.51. The van der Waals surface area contributed by atoms with Crippen molar-refractivity contribution in [3.8, 4) is 0 Å². The molecule has 120 valence electrons. The minimum Gasteiger partial charge on any atom is -0.468 e. The summed E-state index contributed by atoms with van der Waals surface area (Å²) in [5.41, 5.74) is 1.44. The molecule has 1 N–H and O–H groups in total. The van der Waals surface area contributed by atoms with Gasteiger partial charge in [0.25, 0.3) is 0 Å². The van der Waals surface area contributed by atoms with E-state index < -0.39 is 0 Å². The molecule has 21 heavy (non-hydrogen) atoms. The maximum absolute atomic E-state index is 5.69. The van der Waals surface area contributed by atoms with Gasteiger partial charge in [-0.2, -0.15) is 0 Å². The molecule has 0 spiro atoms. The lowest BCUT2D eigenvalue weighted by Gasteiger charge is -2.28. The smallest absolute Gasteiger partial charge is 0.122 e. The molecular formula is C17H31N3O. The molecule has 0 amide bonds. The molecule has 4 heteroatoms.